The van der Waals surface area contributed by atoms with Gasteiger partial charge >= 0.3 is 12.2 Å². The Hall–Kier alpha value is -3.54. The van der Waals surface area contributed by atoms with E-state index in [1.54, 1.807) is 30.5 Å². The molecule has 9 nitrogen and oxygen atoms in total. The number of methoxy groups -OCH3 is 1. The van der Waals surface area contributed by atoms with Gasteiger partial charge in [-0.3, -0.25) is 0 Å². The van der Waals surface area contributed by atoms with Crippen LogP contribution < -0.4 is 14.8 Å². The SMILES string of the molecule is CCN1C(=O)N[C@@H](CCC(F)(F)F)COCCCOc2nc(cn3ccnc23)-c2cc(ccc2OC)[C@H]1C. The van der Waals surface area contributed by atoms with Crippen molar-refractivity contribution < 1.29 is 32.2 Å². The second-order valence-corrected chi connectivity index (χ2v) is 9.09. The van der Waals surface area contributed by atoms with Crippen LogP contribution in [0.15, 0.2) is 36.8 Å². The van der Waals surface area contributed by atoms with Crippen molar-refractivity contribution in [1.82, 2.24) is 24.6 Å². The zero-order chi connectivity index (χ0) is 27.3. The third-order valence-corrected chi connectivity index (χ3v) is 6.49. The van der Waals surface area contributed by atoms with Gasteiger partial charge in [-0.05, 0) is 38.0 Å². The molecule has 0 aliphatic carbocycles. The number of imidazole rings is 1. The number of aromatic nitrogens is 3. The highest BCUT2D eigenvalue weighted by Gasteiger charge is 2.30. The van der Waals surface area contributed by atoms with E-state index in [-0.39, 0.29) is 26.2 Å². The van der Waals surface area contributed by atoms with Gasteiger partial charge in [0, 0.05) is 50.1 Å². The molecule has 0 saturated heterocycles. The van der Waals surface area contributed by atoms with Gasteiger partial charge in [0.25, 0.3) is 5.88 Å². The van der Waals surface area contributed by atoms with E-state index < -0.39 is 30.7 Å². The van der Waals surface area contributed by atoms with E-state index in [1.807, 2.05) is 36.6 Å². The largest absolute Gasteiger partial charge is 0.496 e. The Kier molecular flexibility index (Phi) is 8.60. The molecule has 206 valence electrons. The van der Waals surface area contributed by atoms with Crippen LogP contribution in [0.25, 0.3) is 16.9 Å². The molecule has 38 heavy (non-hydrogen) atoms. The van der Waals surface area contributed by atoms with Gasteiger partial charge in [0.2, 0.25) is 5.65 Å². The summed E-state index contributed by atoms with van der Waals surface area (Å²) in [5.41, 5.74) is 2.65. The topological polar surface area (TPSA) is 90.2 Å². The lowest BCUT2D eigenvalue weighted by atomic mass is 10.0. The molecular weight excluding hydrogens is 503 g/mol. The molecule has 2 aromatic heterocycles. The van der Waals surface area contributed by atoms with Gasteiger partial charge in [-0.2, -0.15) is 13.2 Å². The van der Waals surface area contributed by atoms with Crippen LogP contribution in [-0.2, 0) is 4.74 Å². The first-order valence-electron chi connectivity index (χ1n) is 12.6. The lowest BCUT2D eigenvalue weighted by Gasteiger charge is -2.31. The van der Waals surface area contributed by atoms with Crippen molar-refractivity contribution in [2.24, 2.45) is 0 Å². The molecular formula is C26H32F3N5O4. The number of nitrogens with zero attached hydrogens (tertiary/aromatic N) is 4. The van der Waals surface area contributed by atoms with Crippen molar-refractivity contribution in [2.45, 2.75) is 51.4 Å². The van der Waals surface area contributed by atoms with Gasteiger partial charge in [0.05, 0.1) is 38.1 Å². The van der Waals surface area contributed by atoms with Crippen LogP contribution in [0.1, 0.15) is 44.7 Å². The van der Waals surface area contributed by atoms with E-state index >= 15 is 0 Å². The lowest BCUT2D eigenvalue weighted by Crippen LogP contribution is -2.47. The monoisotopic (exact) mass is 535 g/mol. The molecule has 2 atom stereocenters. The Labute approximate surface area is 218 Å². The number of halogens is 3. The van der Waals surface area contributed by atoms with E-state index in [2.05, 4.69) is 10.3 Å². The molecule has 4 rings (SSSR count). The zero-order valence-corrected chi connectivity index (χ0v) is 21.6. The third-order valence-electron chi connectivity index (χ3n) is 6.49. The van der Waals surface area contributed by atoms with Crippen molar-refractivity contribution in [3.8, 4) is 22.9 Å². The summed E-state index contributed by atoms with van der Waals surface area (Å²) in [6.45, 7) is 4.49. The molecule has 1 aliphatic rings. The fraction of sp³-hybridized carbons (Fsp3) is 0.500. The number of alkyl halides is 3. The average molecular weight is 536 g/mol. The molecule has 0 unspecified atom stereocenters. The van der Waals surface area contributed by atoms with Crippen LogP contribution in [0.2, 0.25) is 0 Å². The maximum absolute atomic E-state index is 13.2. The van der Waals surface area contributed by atoms with E-state index in [0.29, 0.717) is 41.5 Å². The lowest BCUT2D eigenvalue weighted by molar-refractivity contribution is -0.137. The summed E-state index contributed by atoms with van der Waals surface area (Å²) in [6.07, 6.45) is 0.110. The van der Waals surface area contributed by atoms with Gasteiger partial charge in [-0.25, -0.2) is 14.8 Å². The summed E-state index contributed by atoms with van der Waals surface area (Å²) in [5, 5.41) is 2.75. The fourth-order valence-electron chi connectivity index (χ4n) is 4.44. The first-order chi connectivity index (χ1) is 18.2. The molecule has 0 spiro atoms. The third kappa shape index (κ3) is 6.47. The minimum Gasteiger partial charge on any atom is -0.496 e. The number of urea groups is 1. The predicted octanol–water partition coefficient (Wildman–Crippen LogP) is 5.01. The maximum atomic E-state index is 13.2. The molecule has 1 aliphatic heterocycles. The highest BCUT2D eigenvalue weighted by molar-refractivity contribution is 5.75. The Morgan fingerprint density at radius 2 is 2.08 bits per heavy atom. The Morgan fingerprint density at radius 3 is 2.82 bits per heavy atom. The van der Waals surface area contributed by atoms with Gasteiger partial charge < -0.3 is 28.8 Å². The van der Waals surface area contributed by atoms with Crippen molar-refractivity contribution in [2.75, 3.05) is 33.5 Å². The van der Waals surface area contributed by atoms with Crippen LogP contribution in [0.4, 0.5) is 18.0 Å². The normalized spacial score (nSPS) is 19.5. The van der Waals surface area contributed by atoms with Gasteiger partial charge in [0.1, 0.15) is 5.75 Å². The molecule has 0 fully saturated rings. The summed E-state index contributed by atoms with van der Waals surface area (Å²) >= 11 is 0. The first-order valence-corrected chi connectivity index (χ1v) is 12.6. The van der Waals surface area contributed by atoms with Crippen LogP contribution in [0.3, 0.4) is 0 Å². The molecule has 3 aromatic rings. The highest BCUT2D eigenvalue weighted by atomic mass is 19.4. The number of fused-ring (bicyclic) bond motifs is 7. The van der Waals surface area contributed by atoms with E-state index in [1.165, 1.54) is 0 Å². The zero-order valence-electron chi connectivity index (χ0n) is 21.6. The summed E-state index contributed by atoms with van der Waals surface area (Å²) in [7, 11) is 1.57. The average Bonchev–Trinajstić information content (AvgIpc) is 3.37. The number of carbonyl (C=O) groups is 1. The number of ether oxygens (including phenoxy) is 3. The fourth-order valence-corrected chi connectivity index (χ4v) is 4.44. The van der Waals surface area contributed by atoms with Crippen LogP contribution >= 0.6 is 0 Å². The van der Waals surface area contributed by atoms with E-state index in [0.717, 1.165) is 5.56 Å². The number of rotatable bonds is 4. The number of hydrogen-bond acceptors (Lipinski definition) is 6. The minimum absolute atomic E-state index is 0.0430. The van der Waals surface area contributed by atoms with Gasteiger partial charge in [-0.1, -0.05) is 6.07 Å². The summed E-state index contributed by atoms with van der Waals surface area (Å²) in [5.74, 6) is 0.928. The van der Waals surface area contributed by atoms with Crippen LogP contribution in [-0.4, -0.2) is 71.0 Å². The van der Waals surface area contributed by atoms with Crippen LogP contribution in [0.5, 0.6) is 11.6 Å². The second-order valence-electron chi connectivity index (χ2n) is 9.09. The molecule has 1 N–H and O–H groups in total. The number of carbonyl (C=O) groups excluding carboxylic acids is 1. The number of benzene rings is 1. The summed E-state index contributed by atoms with van der Waals surface area (Å²) in [4.78, 5) is 23.9. The van der Waals surface area contributed by atoms with Crippen molar-refractivity contribution in [1.29, 1.82) is 0 Å². The van der Waals surface area contributed by atoms with Crippen LogP contribution in [0, 0.1) is 0 Å². The molecule has 12 heteroatoms. The quantitative estimate of drug-likeness (QED) is 0.505. The summed E-state index contributed by atoms with van der Waals surface area (Å²) < 4.78 is 57.8. The first kappa shape index (κ1) is 27.5. The van der Waals surface area contributed by atoms with Gasteiger partial charge in [0.15, 0.2) is 0 Å². The number of amides is 2. The number of nitrogens with one attached hydrogen (secondary N) is 1. The van der Waals surface area contributed by atoms with E-state index in [4.69, 9.17) is 19.2 Å². The highest BCUT2D eigenvalue weighted by Crippen LogP contribution is 2.34. The second kappa shape index (κ2) is 11.9. The van der Waals surface area contributed by atoms with E-state index in [9.17, 15) is 18.0 Å². The molecule has 3 heterocycles. The smallest absolute Gasteiger partial charge is 0.389 e. The van der Waals surface area contributed by atoms with Crippen molar-refractivity contribution in [3.05, 3.63) is 42.4 Å². The van der Waals surface area contributed by atoms with Crippen molar-refractivity contribution >= 4 is 11.7 Å². The Bertz CT molecular complexity index is 1250. The molecule has 1 aromatic carbocycles. The maximum Gasteiger partial charge on any atom is 0.389 e. The Morgan fingerprint density at radius 1 is 1.26 bits per heavy atom. The van der Waals surface area contributed by atoms with Crippen molar-refractivity contribution in [3.63, 3.8) is 0 Å². The predicted molar refractivity (Wildman–Crippen MR) is 134 cm³/mol. The number of hydrogen-bond donors (Lipinski definition) is 1. The standard InChI is InChI=1S/C26H32F3N5O4/c1-4-34-17(2)18-6-7-22(36-3)20(14-18)21-15-33-11-10-30-23(33)24(32-21)38-13-5-12-37-16-19(31-25(34)35)8-9-26(27,28)29/h6-7,10-11,14-15,17,19H,4-5,8-9,12-13,16H2,1-3H3,(H,31,35)/t17-,19+/m1/s1. The minimum atomic E-state index is -4.33. The van der Waals surface area contributed by atoms with Gasteiger partial charge in [-0.15, -0.1) is 0 Å². The Balaban J connectivity index is 1.72. The summed E-state index contributed by atoms with van der Waals surface area (Å²) in [6, 6.07) is 3.92. The molecule has 2 amide bonds. The molecule has 0 radical (unpaired) electrons. The molecule has 4 bridgehead atoms. The molecule has 0 saturated carbocycles.